The third-order valence-corrected chi connectivity index (χ3v) is 2.35. The average Bonchev–Trinajstić information content (AvgIpc) is 2.49. The van der Waals surface area contributed by atoms with Crippen LogP contribution in [0.3, 0.4) is 0 Å². The predicted molar refractivity (Wildman–Crippen MR) is 66.2 cm³/mol. The Morgan fingerprint density at radius 1 is 1.61 bits per heavy atom. The van der Waals surface area contributed by atoms with E-state index in [-0.39, 0.29) is 18.7 Å². The molecule has 1 fully saturated rings. The van der Waals surface area contributed by atoms with Crippen LogP contribution in [0.5, 0.6) is 0 Å². The Morgan fingerprint density at radius 3 is 2.94 bits per heavy atom. The van der Waals surface area contributed by atoms with Crippen molar-refractivity contribution in [2.24, 2.45) is 5.11 Å². The van der Waals surface area contributed by atoms with Crippen molar-refractivity contribution in [3.63, 3.8) is 0 Å². The molecule has 0 spiro atoms. The number of hydrogen-bond donors (Lipinski definition) is 0. The Morgan fingerprint density at radius 2 is 2.33 bits per heavy atom. The van der Waals surface area contributed by atoms with Crippen molar-refractivity contribution >= 4 is 6.09 Å². The molecule has 1 unspecified atom stereocenters. The summed E-state index contributed by atoms with van der Waals surface area (Å²) in [6.07, 6.45) is 0.154. The maximum Gasteiger partial charge on any atom is 0.410 e. The first-order valence-corrected chi connectivity index (χ1v) is 6.03. The number of carbonyl (C=O) groups excluding carboxylic acids is 1. The number of hydrogen-bond acceptors (Lipinski definition) is 4. The third-order valence-electron chi connectivity index (χ3n) is 2.35. The van der Waals surface area contributed by atoms with Gasteiger partial charge in [0, 0.05) is 18.1 Å². The second kappa shape index (κ2) is 6.47. The zero-order valence-electron chi connectivity index (χ0n) is 11.1. The van der Waals surface area contributed by atoms with Crippen molar-refractivity contribution < 1.29 is 14.3 Å². The molecule has 0 N–H and O–H groups in total. The number of amides is 1. The van der Waals surface area contributed by atoms with Crippen LogP contribution < -0.4 is 0 Å². The van der Waals surface area contributed by atoms with Gasteiger partial charge in [-0.1, -0.05) is 5.11 Å². The van der Waals surface area contributed by atoms with Crippen LogP contribution >= 0.6 is 0 Å². The molecule has 1 saturated heterocycles. The van der Waals surface area contributed by atoms with E-state index in [9.17, 15) is 4.79 Å². The third kappa shape index (κ3) is 5.25. The Bertz CT molecular complexity index is 334. The standard InChI is InChI=1S/C11H20N4O3/c1-11(2,3)18-10(16)15-5-4-6-17-9(8-15)7-13-14-12/h9H,4-8H2,1-3H3. The maximum absolute atomic E-state index is 11.9. The van der Waals surface area contributed by atoms with Crippen molar-refractivity contribution in [3.8, 4) is 0 Å². The number of nitrogens with zero attached hydrogens (tertiary/aromatic N) is 4. The molecular formula is C11H20N4O3. The van der Waals surface area contributed by atoms with E-state index in [1.54, 1.807) is 4.90 Å². The fourth-order valence-electron chi connectivity index (χ4n) is 1.63. The molecular weight excluding hydrogens is 236 g/mol. The predicted octanol–water partition coefficient (Wildman–Crippen LogP) is 2.32. The first kappa shape index (κ1) is 14.6. The number of carbonyl (C=O) groups is 1. The molecule has 0 radical (unpaired) electrons. The van der Waals surface area contributed by atoms with Crippen LogP contribution in [0.4, 0.5) is 4.79 Å². The summed E-state index contributed by atoms with van der Waals surface area (Å²) in [6, 6.07) is 0. The fraction of sp³-hybridized carbons (Fsp3) is 0.909. The van der Waals surface area contributed by atoms with Crippen LogP contribution in [0, 0.1) is 0 Å². The summed E-state index contributed by atoms with van der Waals surface area (Å²) in [5.74, 6) is 0. The van der Waals surface area contributed by atoms with Gasteiger partial charge < -0.3 is 14.4 Å². The molecule has 0 bridgehead atoms. The smallest absolute Gasteiger partial charge is 0.410 e. The van der Waals surface area contributed by atoms with Gasteiger partial charge in [-0.3, -0.25) is 0 Å². The highest BCUT2D eigenvalue weighted by Gasteiger charge is 2.26. The fourth-order valence-corrected chi connectivity index (χ4v) is 1.63. The summed E-state index contributed by atoms with van der Waals surface area (Å²) in [7, 11) is 0. The lowest BCUT2D eigenvalue weighted by Crippen LogP contribution is -2.41. The van der Waals surface area contributed by atoms with Crippen LogP contribution in [0.15, 0.2) is 5.11 Å². The average molecular weight is 256 g/mol. The first-order valence-electron chi connectivity index (χ1n) is 6.03. The molecule has 102 valence electrons. The largest absolute Gasteiger partial charge is 0.444 e. The van der Waals surface area contributed by atoms with Gasteiger partial charge in [0.1, 0.15) is 5.60 Å². The Balaban J connectivity index is 2.57. The lowest BCUT2D eigenvalue weighted by molar-refractivity contribution is 0.0159. The molecule has 0 aliphatic carbocycles. The summed E-state index contributed by atoms with van der Waals surface area (Å²) in [4.78, 5) is 16.2. The minimum Gasteiger partial charge on any atom is -0.444 e. The summed E-state index contributed by atoms with van der Waals surface area (Å²) >= 11 is 0. The maximum atomic E-state index is 11.9. The highest BCUT2D eigenvalue weighted by atomic mass is 16.6. The highest BCUT2D eigenvalue weighted by molar-refractivity contribution is 5.68. The molecule has 7 heteroatoms. The lowest BCUT2D eigenvalue weighted by Gasteiger charge is -2.27. The van der Waals surface area contributed by atoms with Crippen molar-refractivity contribution in [2.45, 2.75) is 38.9 Å². The van der Waals surface area contributed by atoms with Gasteiger partial charge in [-0.25, -0.2) is 4.79 Å². The molecule has 1 aliphatic heterocycles. The van der Waals surface area contributed by atoms with Gasteiger partial charge in [-0.2, -0.15) is 0 Å². The summed E-state index contributed by atoms with van der Waals surface area (Å²) in [5.41, 5.74) is 7.78. The van der Waals surface area contributed by atoms with Gasteiger partial charge in [0.05, 0.1) is 19.2 Å². The Hall–Kier alpha value is -1.46. The topological polar surface area (TPSA) is 87.5 Å². The van der Waals surface area contributed by atoms with Crippen LogP contribution in [0.2, 0.25) is 0 Å². The SMILES string of the molecule is CC(C)(C)OC(=O)N1CCCOC(CN=[N+]=[N-])C1. The molecule has 1 atom stereocenters. The number of rotatable bonds is 2. The Labute approximate surface area is 107 Å². The Kier molecular flexibility index (Phi) is 5.25. The lowest BCUT2D eigenvalue weighted by atomic mass is 10.2. The van der Waals surface area contributed by atoms with E-state index in [4.69, 9.17) is 15.0 Å². The van der Waals surface area contributed by atoms with E-state index in [0.717, 1.165) is 6.42 Å². The van der Waals surface area contributed by atoms with Crippen molar-refractivity contribution in [3.05, 3.63) is 10.4 Å². The molecule has 0 aromatic carbocycles. The van der Waals surface area contributed by atoms with Crippen molar-refractivity contribution in [2.75, 3.05) is 26.2 Å². The van der Waals surface area contributed by atoms with Gasteiger partial charge >= 0.3 is 6.09 Å². The zero-order valence-corrected chi connectivity index (χ0v) is 11.1. The van der Waals surface area contributed by atoms with E-state index in [2.05, 4.69) is 10.0 Å². The van der Waals surface area contributed by atoms with E-state index >= 15 is 0 Å². The molecule has 18 heavy (non-hydrogen) atoms. The second-order valence-corrected chi connectivity index (χ2v) is 5.19. The van der Waals surface area contributed by atoms with Crippen LogP contribution in [0.25, 0.3) is 10.4 Å². The molecule has 0 saturated carbocycles. The van der Waals surface area contributed by atoms with E-state index < -0.39 is 5.60 Å². The summed E-state index contributed by atoms with van der Waals surface area (Å²) in [5, 5.41) is 3.48. The number of ether oxygens (including phenoxy) is 2. The number of azide groups is 1. The molecule has 1 amide bonds. The van der Waals surface area contributed by atoms with Crippen molar-refractivity contribution in [1.29, 1.82) is 0 Å². The molecule has 0 aromatic rings. The quantitative estimate of drug-likeness (QED) is 0.431. The highest BCUT2D eigenvalue weighted by Crippen LogP contribution is 2.13. The molecule has 1 aliphatic rings. The zero-order chi connectivity index (χ0) is 13.6. The summed E-state index contributed by atoms with van der Waals surface area (Å²) < 4.78 is 10.8. The van der Waals surface area contributed by atoms with E-state index in [1.165, 1.54) is 0 Å². The van der Waals surface area contributed by atoms with Crippen LogP contribution in [-0.2, 0) is 9.47 Å². The second-order valence-electron chi connectivity index (χ2n) is 5.19. The van der Waals surface area contributed by atoms with E-state index in [1.807, 2.05) is 20.8 Å². The minimum atomic E-state index is -0.509. The normalized spacial score (nSPS) is 20.8. The molecule has 7 nitrogen and oxygen atoms in total. The van der Waals surface area contributed by atoms with Gasteiger partial charge in [0.2, 0.25) is 0 Å². The van der Waals surface area contributed by atoms with Crippen molar-refractivity contribution in [1.82, 2.24) is 4.90 Å². The summed E-state index contributed by atoms with van der Waals surface area (Å²) in [6.45, 7) is 7.28. The van der Waals surface area contributed by atoms with Gasteiger partial charge in [-0.05, 0) is 32.7 Å². The first-order chi connectivity index (χ1) is 8.42. The minimum absolute atomic E-state index is 0.232. The van der Waals surface area contributed by atoms with Gasteiger partial charge in [0.25, 0.3) is 0 Å². The van der Waals surface area contributed by atoms with E-state index in [0.29, 0.717) is 19.7 Å². The van der Waals surface area contributed by atoms with Gasteiger partial charge in [-0.15, -0.1) is 0 Å². The molecule has 1 heterocycles. The molecule has 0 aromatic heterocycles. The van der Waals surface area contributed by atoms with Crippen LogP contribution in [0.1, 0.15) is 27.2 Å². The monoisotopic (exact) mass is 256 g/mol. The van der Waals surface area contributed by atoms with Crippen LogP contribution in [-0.4, -0.2) is 48.9 Å². The van der Waals surface area contributed by atoms with Gasteiger partial charge in [0.15, 0.2) is 0 Å². The molecule has 1 rings (SSSR count).